The smallest absolute Gasteiger partial charge is 0.258 e. The number of carbonyl (C=O) groups excluding carboxylic acids is 1. The number of hydrogen-bond acceptors (Lipinski definition) is 1. The van der Waals surface area contributed by atoms with Gasteiger partial charge in [0, 0.05) is 11.1 Å². The molecule has 0 saturated heterocycles. The average Bonchev–Trinajstić information content (AvgIpc) is 2.17. The molecule has 2 nitrogen and oxygen atoms in total. The van der Waals surface area contributed by atoms with Gasteiger partial charge in [-0.05, 0) is 6.92 Å². The highest BCUT2D eigenvalue weighted by molar-refractivity contribution is 5.86. The van der Waals surface area contributed by atoms with Crippen molar-refractivity contribution in [3.8, 4) is 0 Å². The second kappa shape index (κ2) is 4.41. The van der Waals surface area contributed by atoms with Gasteiger partial charge in [-0.15, -0.1) is 0 Å². The monoisotopic (exact) mass is 204 g/mol. The van der Waals surface area contributed by atoms with Crippen molar-refractivity contribution in [1.29, 1.82) is 0 Å². The van der Waals surface area contributed by atoms with Crippen molar-refractivity contribution in [2.24, 2.45) is 0 Å². The summed E-state index contributed by atoms with van der Waals surface area (Å²) >= 11 is 0. The van der Waals surface area contributed by atoms with Crippen molar-refractivity contribution in [2.75, 3.05) is 14.1 Å². The molecule has 0 bridgehead atoms. The first-order valence-electron chi connectivity index (χ1n) is 5.01. The molecule has 2 heteroatoms. The van der Waals surface area contributed by atoms with Crippen LogP contribution in [0.1, 0.15) is 12.5 Å². The summed E-state index contributed by atoms with van der Waals surface area (Å²) in [6, 6.07) is 10.0. The Kier molecular flexibility index (Phi) is 3.43. The lowest BCUT2D eigenvalue weighted by atomic mass is 10.2. The number of hydrogen-bond donors (Lipinski definition) is 0. The van der Waals surface area contributed by atoms with Crippen molar-refractivity contribution in [3.05, 3.63) is 48.0 Å². The number of amides is 1. The molecule has 1 aromatic carbocycles. The van der Waals surface area contributed by atoms with E-state index >= 15 is 0 Å². The standard InChI is InChI=1S/C13H18NO/c1-11(2)13(15)14(3,4)10-12-8-6-5-7-9-12/h5-9H,1,10H2,2-4H3/q+1. The van der Waals surface area contributed by atoms with Crippen molar-refractivity contribution in [1.82, 2.24) is 0 Å². The molecule has 0 radical (unpaired) electrons. The fourth-order valence-electron chi connectivity index (χ4n) is 1.63. The van der Waals surface area contributed by atoms with Gasteiger partial charge in [-0.3, -0.25) is 4.48 Å². The van der Waals surface area contributed by atoms with E-state index in [2.05, 4.69) is 6.58 Å². The van der Waals surface area contributed by atoms with Crippen LogP contribution in [-0.4, -0.2) is 24.5 Å². The highest BCUT2D eigenvalue weighted by Gasteiger charge is 2.26. The fraction of sp³-hybridized carbons (Fsp3) is 0.308. The van der Waals surface area contributed by atoms with Crippen molar-refractivity contribution in [3.63, 3.8) is 0 Å². The summed E-state index contributed by atoms with van der Waals surface area (Å²) in [4.78, 5) is 11.8. The van der Waals surface area contributed by atoms with Crippen molar-refractivity contribution < 1.29 is 9.28 Å². The predicted molar refractivity (Wildman–Crippen MR) is 62.1 cm³/mol. The normalized spacial score (nSPS) is 11.1. The number of rotatable bonds is 3. The van der Waals surface area contributed by atoms with Gasteiger partial charge in [0.15, 0.2) is 0 Å². The van der Waals surface area contributed by atoms with Gasteiger partial charge in [-0.1, -0.05) is 36.9 Å². The van der Waals surface area contributed by atoms with Gasteiger partial charge in [0.05, 0.1) is 14.1 Å². The summed E-state index contributed by atoms with van der Waals surface area (Å²) < 4.78 is 0.319. The maximum atomic E-state index is 11.8. The van der Waals surface area contributed by atoms with Crippen LogP contribution >= 0.6 is 0 Å². The quantitative estimate of drug-likeness (QED) is 0.545. The minimum Gasteiger partial charge on any atom is -0.258 e. The topological polar surface area (TPSA) is 17.1 Å². The highest BCUT2D eigenvalue weighted by atomic mass is 16.2. The number of benzene rings is 1. The minimum absolute atomic E-state index is 0.0823. The molecular weight excluding hydrogens is 186 g/mol. The Morgan fingerprint density at radius 2 is 1.80 bits per heavy atom. The van der Waals surface area contributed by atoms with Gasteiger partial charge in [-0.2, -0.15) is 0 Å². The summed E-state index contributed by atoms with van der Waals surface area (Å²) in [6.45, 7) is 6.16. The second-order valence-electron chi connectivity index (χ2n) is 4.41. The molecule has 0 fully saturated rings. The number of nitrogens with zero attached hydrogens (tertiary/aromatic N) is 1. The molecule has 0 saturated carbocycles. The summed E-state index contributed by atoms with van der Waals surface area (Å²) in [5.74, 6) is 0.0823. The van der Waals surface area contributed by atoms with Crippen LogP contribution in [0.25, 0.3) is 0 Å². The van der Waals surface area contributed by atoms with Gasteiger partial charge in [0.25, 0.3) is 0 Å². The Morgan fingerprint density at radius 3 is 2.27 bits per heavy atom. The molecule has 0 aliphatic heterocycles. The van der Waals surface area contributed by atoms with Crippen LogP contribution in [0.15, 0.2) is 42.5 Å². The van der Waals surface area contributed by atoms with Crippen LogP contribution in [0.3, 0.4) is 0 Å². The largest absolute Gasteiger partial charge is 0.340 e. The summed E-state index contributed by atoms with van der Waals surface area (Å²) in [5.41, 5.74) is 1.77. The molecule has 0 aromatic heterocycles. The summed E-state index contributed by atoms with van der Waals surface area (Å²) in [5, 5.41) is 0. The lowest BCUT2D eigenvalue weighted by Crippen LogP contribution is -2.44. The van der Waals surface area contributed by atoms with Crippen LogP contribution in [0.5, 0.6) is 0 Å². The maximum Gasteiger partial charge on any atom is 0.340 e. The van der Waals surface area contributed by atoms with E-state index < -0.39 is 0 Å². The molecule has 1 amide bonds. The van der Waals surface area contributed by atoms with E-state index in [1.807, 2.05) is 44.4 Å². The Labute approximate surface area is 91.4 Å². The van der Waals surface area contributed by atoms with Gasteiger partial charge in [-0.25, -0.2) is 4.79 Å². The Bertz CT molecular complexity index is 365. The van der Waals surface area contributed by atoms with Crippen LogP contribution in [0, 0.1) is 0 Å². The average molecular weight is 204 g/mol. The maximum absolute atomic E-state index is 11.8. The summed E-state index contributed by atoms with van der Waals surface area (Å²) in [6.07, 6.45) is 0. The minimum atomic E-state index is 0.0823. The third kappa shape index (κ3) is 3.03. The Hall–Kier alpha value is -1.41. The van der Waals surface area contributed by atoms with E-state index in [0.29, 0.717) is 16.6 Å². The van der Waals surface area contributed by atoms with E-state index in [1.165, 1.54) is 0 Å². The molecule has 0 N–H and O–H groups in total. The van der Waals surface area contributed by atoms with Crippen LogP contribution < -0.4 is 0 Å². The zero-order chi connectivity index (χ0) is 11.5. The molecule has 1 rings (SSSR count). The van der Waals surface area contributed by atoms with E-state index in [-0.39, 0.29) is 5.91 Å². The second-order valence-corrected chi connectivity index (χ2v) is 4.41. The van der Waals surface area contributed by atoms with E-state index in [1.54, 1.807) is 6.92 Å². The molecule has 0 aliphatic rings. The third-order valence-corrected chi connectivity index (χ3v) is 2.34. The number of likely N-dealkylation sites (N-methyl/N-ethyl adjacent to an activating group) is 1. The number of carbonyl (C=O) groups is 1. The van der Waals surface area contributed by atoms with Gasteiger partial charge >= 0.3 is 5.91 Å². The molecule has 80 valence electrons. The predicted octanol–water partition coefficient (Wildman–Crippen LogP) is 2.37. The molecule has 0 heterocycles. The Morgan fingerprint density at radius 1 is 1.27 bits per heavy atom. The highest BCUT2D eigenvalue weighted by Crippen LogP contribution is 2.12. The van der Waals surface area contributed by atoms with Crippen LogP contribution in [0.4, 0.5) is 0 Å². The van der Waals surface area contributed by atoms with E-state index in [0.717, 1.165) is 5.56 Å². The van der Waals surface area contributed by atoms with Gasteiger partial charge in [0.1, 0.15) is 6.54 Å². The first-order valence-corrected chi connectivity index (χ1v) is 5.01. The zero-order valence-corrected chi connectivity index (χ0v) is 9.66. The van der Waals surface area contributed by atoms with E-state index in [9.17, 15) is 4.79 Å². The van der Waals surface area contributed by atoms with Crippen molar-refractivity contribution in [2.45, 2.75) is 13.5 Å². The first kappa shape index (κ1) is 11.7. The Balaban J connectivity index is 2.81. The van der Waals surface area contributed by atoms with E-state index in [4.69, 9.17) is 0 Å². The van der Waals surface area contributed by atoms with Gasteiger partial charge < -0.3 is 0 Å². The SMILES string of the molecule is C=C(C)C(=O)[N+](C)(C)Cc1ccccc1. The third-order valence-electron chi connectivity index (χ3n) is 2.34. The molecule has 1 aromatic rings. The van der Waals surface area contributed by atoms with Crippen LogP contribution in [0.2, 0.25) is 0 Å². The van der Waals surface area contributed by atoms with Crippen molar-refractivity contribution >= 4 is 5.91 Å². The first-order chi connectivity index (χ1) is 6.93. The molecule has 0 unspecified atom stereocenters. The molecule has 15 heavy (non-hydrogen) atoms. The van der Waals surface area contributed by atoms with Gasteiger partial charge in [0.2, 0.25) is 0 Å². The lowest BCUT2D eigenvalue weighted by Gasteiger charge is -2.26. The molecular formula is C13H18NO+. The fourth-order valence-corrected chi connectivity index (χ4v) is 1.63. The zero-order valence-electron chi connectivity index (χ0n) is 9.66. The number of quaternary nitrogens is 1. The molecule has 0 spiro atoms. The lowest BCUT2D eigenvalue weighted by molar-refractivity contribution is -0.825. The van der Waals surface area contributed by atoms with Crippen LogP contribution in [-0.2, 0) is 11.3 Å². The summed E-state index contributed by atoms with van der Waals surface area (Å²) in [7, 11) is 3.81. The molecule has 0 atom stereocenters. The molecule has 0 aliphatic carbocycles.